The molecule has 0 atom stereocenters. The Balaban J connectivity index is 1.78. The van der Waals surface area contributed by atoms with Crippen LogP contribution in [0.2, 0.25) is 5.02 Å². The Morgan fingerprint density at radius 2 is 1.46 bits per heavy atom. The van der Waals surface area contributed by atoms with Crippen molar-refractivity contribution in [2.45, 2.75) is 0 Å². The predicted molar refractivity (Wildman–Crippen MR) is 134 cm³/mol. The zero-order valence-electron chi connectivity index (χ0n) is 19.5. The SMILES string of the molecule is COc1ccc(C(=O)c2[nH]c3cc(Cl)ccc3c2NC(=O)c2cc(OC)c(OC)c(OC)c2)cc1. The molecule has 2 N–H and O–H groups in total. The van der Waals surface area contributed by atoms with E-state index in [-0.39, 0.29) is 17.0 Å². The minimum Gasteiger partial charge on any atom is -0.497 e. The second-order valence-corrected chi connectivity index (χ2v) is 7.93. The van der Waals surface area contributed by atoms with Gasteiger partial charge in [-0.15, -0.1) is 0 Å². The number of rotatable bonds is 8. The number of H-pyrrole nitrogens is 1. The Morgan fingerprint density at radius 1 is 0.800 bits per heavy atom. The summed E-state index contributed by atoms with van der Waals surface area (Å²) in [5.74, 6) is 0.878. The predicted octanol–water partition coefficient (Wildman–Crippen LogP) is 5.34. The van der Waals surface area contributed by atoms with E-state index in [1.165, 1.54) is 33.5 Å². The maximum atomic E-state index is 13.4. The van der Waals surface area contributed by atoms with Gasteiger partial charge in [0.05, 0.1) is 34.1 Å². The molecule has 1 amide bonds. The van der Waals surface area contributed by atoms with Crippen LogP contribution in [0.4, 0.5) is 5.69 Å². The standard InChI is InChI=1S/C26H23ClN2O6/c1-32-17-8-5-14(6-9-17)24(30)23-22(18-10-7-16(27)13-19(18)28-23)29-26(31)15-11-20(33-2)25(35-4)21(12-15)34-3/h5-13,28H,1-4H3,(H,29,31). The first kappa shape index (κ1) is 24.0. The highest BCUT2D eigenvalue weighted by Crippen LogP contribution is 2.39. The lowest BCUT2D eigenvalue weighted by molar-refractivity contribution is 0.102. The smallest absolute Gasteiger partial charge is 0.256 e. The molecule has 4 rings (SSSR count). The van der Waals surface area contributed by atoms with E-state index in [1.54, 1.807) is 49.6 Å². The van der Waals surface area contributed by atoms with E-state index in [1.807, 2.05) is 0 Å². The minimum absolute atomic E-state index is 0.216. The summed E-state index contributed by atoms with van der Waals surface area (Å²) in [7, 11) is 5.96. The average molecular weight is 495 g/mol. The first-order valence-electron chi connectivity index (χ1n) is 10.5. The van der Waals surface area contributed by atoms with Crippen molar-refractivity contribution in [2.24, 2.45) is 0 Å². The number of hydrogen-bond acceptors (Lipinski definition) is 6. The molecule has 3 aromatic carbocycles. The Kier molecular flexibility index (Phi) is 6.84. The van der Waals surface area contributed by atoms with Gasteiger partial charge in [0, 0.05) is 27.1 Å². The van der Waals surface area contributed by atoms with Gasteiger partial charge in [-0.25, -0.2) is 0 Å². The van der Waals surface area contributed by atoms with Gasteiger partial charge in [-0.1, -0.05) is 11.6 Å². The number of aromatic nitrogens is 1. The second kappa shape index (κ2) is 9.99. The lowest BCUT2D eigenvalue weighted by Gasteiger charge is -2.14. The number of nitrogens with one attached hydrogen (secondary N) is 2. The monoisotopic (exact) mass is 494 g/mol. The number of halogens is 1. The number of carbonyl (C=O) groups excluding carboxylic acids is 2. The van der Waals surface area contributed by atoms with Crippen LogP contribution in [0.3, 0.4) is 0 Å². The highest BCUT2D eigenvalue weighted by Gasteiger charge is 2.23. The Morgan fingerprint density at radius 3 is 2.03 bits per heavy atom. The van der Waals surface area contributed by atoms with Crippen molar-refractivity contribution < 1.29 is 28.5 Å². The van der Waals surface area contributed by atoms with Gasteiger partial charge in [-0.2, -0.15) is 0 Å². The van der Waals surface area contributed by atoms with Crippen molar-refractivity contribution in [3.63, 3.8) is 0 Å². The van der Waals surface area contributed by atoms with Crippen LogP contribution in [0.15, 0.2) is 54.6 Å². The normalized spacial score (nSPS) is 10.7. The highest BCUT2D eigenvalue weighted by molar-refractivity contribution is 6.31. The fourth-order valence-corrected chi connectivity index (χ4v) is 3.93. The second-order valence-electron chi connectivity index (χ2n) is 7.49. The van der Waals surface area contributed by atoms with Crippen LogP contribution in [0.5, 0.6) is 23.0 Å². The van der Waals surface area contributed by atoms with E-state index >= 15 is 0 Å². The van der Waals surface area contributed by atoms with E-state index in [0.29, 0.717) is 50.2 Å². The largest absolute Gasteiger partial charge is 0.497 e. The van der Waals surface area contributed by atoms with Gasteiger partial charge in [0.25, 0.3) is 5.91 Å². The Hall–Kier alpha value is -4.17. The van der Waals surface area contributed by atoms with Gasteiger partial charge in [0.15, 0.2) is 11.5 Å². The summed E-state index contributed by atoms with van der Waals surface area (Å²) in [4.78, 5) is 29.8. The van der Waals surface area contributed by atoms with Gasteiger partial charge in [0.1, 0.15) is 11.4 Å². The number of hydrogen-bond donors (Lipinski definition) is 2. The number of benzene rings is 3. The third kappa shape index (κ3) is 4.61. The highest BCUT2D eigenvalue weighted by atomic mass is 35.5. The third-order valence-electron chi connectivity index (χ3n) is 5.51. The van der Waals surface area contributed by atoms with E-state index in [0.717, 1.165) is 0 Å². The molecule has 0 fully saturated rings. The van der Waals surface area contributed by atoms with E-state index in [4.69, 9.17) is 30.5 Å². The van der Waals surface area contributed by atoms with Gasteiger partial charge < -0.3 is 29.2 Å². The number of amides is 1. The number of methoxy groups -OCH3 is 4. The van der Waals surface area contributed by atoms with Crippen molar-refractivity contribution in [3.05, 3.63) is 76.4 Å². The Labute approximate surface area is 206 Å². The van der Waals surface area contributed by atoms with Crippen LogP contribution in [-0.4, -0.2) is 45.1 Å². The number of ether oxygens (including phenoxy) is 4. The van der Waals surface area contributed by atoms with Crippen molar-refractivity contribution in [3.8, 4) is 23.0 Å². The van der Waals surface area contributed by atoms with E-state index < -0.39 is 5.91 Å². The van der Waals surface area contributed by atoms with Gasteiger partial charge >= 0.3 is 0 Å². The fraction of sp³-hybridized carbons (Fsp3) is 0.154. The topological polar surface area (TPSA) is 98.9 Å². The number of ketones is 1. The summed E-state index contributed by atoms with van der Waals surface area (Å²) in [5, 5.41) is 3.99. The van der Waals surface area contributed by atoms with Crippen LogP contribution < -0.4 is 24.3 Å². The van der Waals surface area contributed by atoms with Crippen molar-refractivity contribution in [1.82, 2.24) is 4.98 Å². The molecular formula is C26H23ClN2O6. The first-order chi connectivity index (χ1) is 16.9. The van der Waals surface area contributed by atoms with Crippen LogP contribution in [0, 0.1) is 0 Å². The lowest BCUT2D eigenvalue weighted by Crippen LogP contribution is -2.15. The van der Waals surface area contributed by atoms with E-state index in [2.05, 4.69) is 10.3 Å². The summed E-state index contributed by atoms with van der Waals surface area (Å²) in [6, 6.07) is 14.9. The quantitative estimate of drug-likeness (QED) is 0.321. The summed E-state index contributed by atoms with van der Waals surface area (Å²) < 4.78 is 21.2. The zero-order chi connectivity index (χ0) is 25.1. The minimum atomic E-state index is -0.469. The molecule has 1 aromatic heterocycles. The molecule has 0 aliphatic heterocycles. The van der Waals surface area contributed by atoms with Crippen molar-refractivity contribution in [2.75, 3.05) is 33.8 Å². The molecule has 180 valence electrons. The molecule has 0 bridgehead atoms. The molecule has 0 unspecified atom stereocenters. The van der Waals surface area contributed by atoms with Crippen LogP contribution >= 0.6 is 11.6 Å². The molecule has 0 aliphatic carbocycles. The molecule has 1 heterocycles. The zero-order valence-corrected chi connectivity index (χ0v) is 20.3. The Bertz CT molecular complexity index is 1390. The summed E-state index contributed by atoms with van der Waals surface area (Å²) >= 11 is 6.16. The first-order valence-corrected chi connectivity index (χ1v) is 10.9. The van der Waals surface area contributed by atoms with E-state index in [9.17, 15) is 9.59 Å². The van der Waals surface area contributed by atoms with Crippen molar-refractivity contribution >= 4 is 39.9 Å². The summed E-state index contributed by atoms with van der Waals surface area (Å²) in [5.41, 5.74) is 1.83. The van der Waals surface area contributed by atoms with Gasteiger partial charge in [-0.05, 0) is 54.6 Å². The molecule has 35 heavy (non-hydrogen) atoms. The molecule has 4 aromatic rings. The molecule has 8 nitrogen and oxygen atoms in total. The van der Waals surface area contributed by atoms with Crippen LogP contribution in [0.25, 0.3) is 10.9 Å². The summed E-state index contributed by atoms with van der Waals surface area (Å²) in [6.45, 7) is 0. The average Bonchev–Trinajstić information content (AvgIpc) is 3.24. The molecular weight excluding hydrogens is 472 g/mol. The molecule has 0 radical (unpaired) electrons. The number of carbonyl (C=O) groups is 2. The third-order valence-corrected chi connectivity index (χ3v) is 5.74. The lowest BCUT2D eigenvalue weighted by atomic mass is 10.1. The van der Waals surface area contributed by atoms with Crippen LogP contribution in [-0.2, 0) is 0 Å². The maximum absolute atomic E-state index is 13.4. The molecule has 9 heteroatoms. The number of aromatic amines is 1. The van der Waals surface area contributed by atoms with Crippen molar-refractivity contribution in [1.29, 1.82) is 0 Å². The molecule has 0 saturated carbocycles. The summed E-state index contributed by atoms with van der Waals surface area (Å²) in [6.07, 6.45) is 0. The number of fused-ring (bicyclic) bond motifs is 1. The fourth-order valence-electron chi connectivity index (χ4n) is 3.75. The van der Waals surface area contributed by atoms with Crippen LogP contribution in [0.1, 0.15) is 26.4 Å². The number of anilines is 1. The molecule has 0 spiro atoms. The molecule has 0 saturated heterocycles. The molecule has 0 aliphatic rings. The van der Waals surface area contributed by atoms with Gasteiger partial charge in [0.2, 0.25) is 11.5 Å². The maximum Gasteiger partial charge on any atom is 0.256 e. The van der Waals surface area contributed by atoms with Gasteiger partial charge in [-0.3, -0.25) is 9.59 Å².